The van der Waals surface area contributed by atoms with Crippen LogP contribution in [0.15, 0.2) is 12.1 Å². The maximum atomic E-state index is 12.6. The summed E-state index contributed by atoms with van der Waals surface area (Å²) in [6.45, 7) is 2.71. The number of aromatic nitrogens is 4. The van der Waals surface area contributed by atoms with Crippen LogP contribution in [0.25, 0.3) is 0 Å². The van der Waals surface area contributed by atoms with Crippen molar-refractivity contribution in [1.82, 2.24) is 20.0 Å². The standard InChI is InChI=1S/C12H11ClF3N5O/c1-6-3-8(11(13)19-18-6)17-10(22)5-21-7(2)4-9(20-21)12(14,15)16/h3-4H,5H2,1-2H3,(H,17,18,22). The fourth-order valence-electron chi connectivity index (χ4n) is 1.70. The van der Waals surface area contributed by atoms with E-state index in [0.717, 1.165) is 10.7 Å². The van der Waals surface area contributed by atoms with Crippen molar-refractivity contribution in [3.8, 4) is 0 Å². The number of halogens is 4. The average Bonchev–Trinajstić information content (AvgIpc) is 2.75. The van der Waals surface area contributed by atoms with Gasteiger partial charge in [-0.2, -0.15) is 23.4 Å². The van der Waals surface area contributed by atoms with E-state index in [1.54, 1.807) is 6.92 Å². The van der Waals surface area contributed by atoms with Gasteiger partial charge in [0.25, 0.3) is 0 Å². The molecule has 2 rings (SSSR count). The Morgan fingerprint density at radius 2 is 2.00 bits per heavy atom. The normalized spacial score (nSPS) is 11.5. The molecular weight excluding hydrogens is 323 g/mol. The topological polar surface area (TPSA) is 72.7 Å². The number of hydrogen-bond acceptors (Lipinski definition) is 4. The first-order valence-corrected chi connectivity index (χ1v) is 6.46. The molecule has 22 heavy (non-hydrogen) atoms. The monoisotopic (exact) mass is 333 g/mol. The molecule has 2 aromatic rings. The fourth-order valence-corrected chi connectivity index (χ4v) is 1.84. The van der Waals surface area contributed by atoms with E-state index >= 15 is 0 Å². The summed E-state index contributed by atoms with van der Waals surface area (Å²) in [5.41, 5.74) is -0.0517. The fraction of sp³-hybridized carbons (Fsp3) is 0.333. The number of carbonyl (C=O) groups excluding carboxylic acids is 1. The zero-order valence-corrected chi connectivity index (χ0v) is 12.3. The molecule has 0 aliphatic rings. The third-order valence-electron chi connectivity index (χ3n) is 2.71. The number of amides is 1. The van der Waals surface area contributed by atoms with Crippen molar-refractivity contribution in [2.45, 2.75) is 26.6 Å². The number of alkyl halides is 3. The quantitative estimate of drug-likeness (QED) is 0.937. The Kier molecular flexibility index (Phi) is 4.36. The summed E-state index contributed by atoms with van der Waals surface area (Å²) in [6, 6.07) is 2.38. The summed E-state index contributed by atoms with van der Waals surface area (Å²) >= 11 is 5.78. The second kappa shape index (κ2) is 5.91. The number of carbonyl (C=O) groups is 1. The molecule has 1 amide bonds. The average molecular weight is 334 g/mol. The Morgan fingerprint density at radius 3 is 2.59 bits per heavy atom. The maximum absolute atomic E-state index is 12.6. The SMILES string of the molecule is Cc1cc(NC(=O)Cn2nc(C(F)(F)F)cc2C)c(Cl)nn1. The van der Waals surface area contributed by atoms with Gasteiger partial charge < -0.3 is 5.32 Å². The summed E-state index contributed by atoms with van der Waals surface area (Å²) in [6.07, 6.45) is -4.55. The van der Waals surface area contributed by atoms with Crippen molar-refractivity contribution in [3.63, 3.8) is 0 Å². The molecule has 10 heteroatoms. The third-order valence-corrected chi connectivity index (χ3v) is 2.99. The lowest BCUT2D eigenvalue weighted by atomic mass is 10.3. The van der Waals surface area contributed by atoms with E-state index in [1.807, 2.05) is 0 Å². The van der Waals surface area contributed by atoms with Crippen LogP contribution < -0.4 is 5.32 Å². The van der Waals surface area contributed by atoms with Gasteiger partial charge in [-0.1, -0.05) is 11.6 Å². The number of anilines is 1. The van der Waals surface area contributed by atoms with Crippen LogP contribution in [0.5, 0.6) is 0 Å². The van der Waals surface area contributed by atoms with E-state index in [1.165, 1.54) is 13.0 Å². The first kappa shape index (κ1) is 16.2. The minimum atomic E-state index is -4.55. The van der Waals surface area contributed by atoms with E-state index in [0.29, 0.717) is 5.69 Å². The number of rotatable bonds is 3. The summed E-state index contributed by atoms with van der Waals surface area (Å²) in [5, 5.41) is 13.1. The Morgan fingerprint density at radius 1 is 1.32 bits per heavy atom. The molecule has 2 heterocycles. The molecule has 0 saturated heterocycles. The van der Waals surface area contributed by atoms with Crippen molar-refractivity contribution in [1.29, 1.82) is 0 Å². The molecule has 0 aliphatic heterocycles. The Labute approximate surface area is 128 Å². The third kappa shape index (κ3) is 3.73. The zero-order chi connectivity index (χ0) is 16.5. The Hall–Kier alpha value is -2.16. The highest BCUT2D eigenvalue weighted by molar-refractivity contribution is 6.32. The van der Waals surface area contributed by atoms with Crippen LogP contribution in [0.1, 0.15) is 17.1 Å². The lowest BCUT2D eigenvalue weighted by Gasteiger charge is -2.08. The predicted octanol–water partition coefficient (Wildman–Crippen LogP) is 2.60. The van der Waals surface area contributed by atoms with Gasteiger partial charge in [-0.3, -0.25) is 9.48 Å². The van der Waals surface area contributed by atoms with Gasteiger partial charge in [0.05, 0.1) is 11.4 Å². The largest absolute Gasteiger partial charge is 0.435 e. The number of nitrogens with zero attached hydrogens (tertiary/aromatic N) is 4. The highest BCUT2D eigenvalue weighted by Crippen LogP contribution is 2.28. The molecule has 0 bridgehead atoms. The molecular formula is C12H11ClF3N5O. The van der Waals surface area contributed by atoms with Crippen molar-refractivity contribution in [2.24, 2.45) is 0 Å². The number of hydrogen-bond donors (Lipinski definition) is 1. The molecule has 0 atom stereocenters. The number of aryl methyl sites for hydroxylation is 2. The van der Waals surface area contributed by atoms with Gasteiger partial charge in [0.15, 0.2) is 10.8 Å². The van der Waals surface area contributed by atoms with Crippen LogP contribution in [0.4, 0.5) is 18.9 Å². The van der Waals surface area contributed by atoms with E-state index in [4.69, 9.17) is 11.6 Å². The van der Waals surface area contributed by atoms with Crippen molar-refractivity contribution >= 4 is 23.2 Å². The van der Waals surface area contributed by atoms with E-state index < -0.39 is 17.8 Å². The first-order chi connectivity index (χ1) is 10.2. The number of nitrogens with one attached hydrogen (secondary N) is 1. The Balaban J connectivity index is 2.13. The highest BCUT2D eigenvalue weighted by atomic mass is 35.5. The van der Waals surface area contributed by atoms with Crippen LogP contribution in [-0.2, 0) is 17.5 Å². The molecule has 6 nitrogen and oxygen atoms in total. The summed E-state index contributed by atoms with van der Waals surface area (Å²) in [5.74, 6) is -0.575. The van der Waals surface area contributed by atoms with Crippen molar-refractivity contribution < 1.29 is 18.0 Å². The predicted molar refractivity (Wildman–Crippen MR) is 72.4 cm³/mol. The lowest BCUT2D eigenvalue weighted by molar-refractivity contribution is -0.141. The second-order valence-electron chi connectivity index (χ2n) is 4.56. The molecule has 0 saturated carbocycles. The molecule has 0 aliphatic carbocycles. The molecule has 1 N–H and O–H groups in total. The summed E-state index contributed by atoms with van der Waals surface area (Å²) in [4.78, 5) is 11.9. The molecule has 118 valence electrons. The molecule has 0 radical (unpaired) electrons. The minimum Gasteiger partial charge on any atom is -0.322 e. The van der Waals surface area contributed by atoms with E-state index in [-0.39, 0.29) is 23.1 Å². The first-order valence-electron chi connectivity index (χ1n) is 6.08. The van der Waals surface area contributed by atoms with Gasteiger partial charge in [-0.05, 0) is 26.0 Å². The lowest BCUT2D eigenvalue weighted by Crippen LogP contribution is -2.21. The van der Waals surface area contributed by atoms with Crippen LogP contribution in [0.3, 0.4) is 0 Å². The van der Waals surface area contributed by atoms with Crippen molar-refractivity contribution in [3.05, 3.63) is 34.4 Å². The second-order valence-corrected chi connectivity index (χ2v) is 4.92. The van der Waals surface area contributed by atoms with Crippen LogP contribution in [-0.4, -0.2) is 25.9 Å². The van der Waals surface area contributed by atoms with Gasteiger partial charge in [0.2, 0.25) is 5.91 Å². The van der Waals surface area contributed by atoms with Gasteiger partial charge in [0.1, 0.15) is 6.54 Å². The molecule has 2 aromatic heterocycles. The molecule has 0 aromatic carbocycles. The minimum absolute atomic E-state index is 0.00730. The van der Waals surface area contributed by atoms with Gasteiger partial charge in [-0.15, -0.1) is 5.10 Å². The van der Waals surface area contributed by atoms with E-state index in [2.05, 4.69) is 20.6 Å². The molecule has 0 fully saturated rings. The van der Waals surface area contributed by atoms with E-state index in [9.17, 15) is 18.0 Å². The molecule has 0 spiro atoms. The van der Waals surface area contributed by atoms with Crippen molar-refractivity contribution in [2.75, 3.05) is 5.32 Å². The molecule has 0 unspecified atom stereocenters. The van der Waals surface area contributed by atoms with Crippen LogP contribution >= 0.6 is 11.6 Å². The summed E-state index contributed by atoms with van der Waals surface area (Å²) in [7, 11) is 0. The zero-order valence-electron chi connectivity index (χ0n) is 11.6. The van der Waals surface area contributed by atoms with Crippen LogP contribution in [0.2, 0.25) is 5.15 Å². The van der Waals surface area contributed by atoms with Crippen LogP contribution in [0, 0.1) is 13.8 Å². The van der Waals surface area contributed by atoms with Gasteiger partial charge >= 0.3 is 6.18 Å². The van der Waals surface area contributed by atoms with Gasteiger partial charge in [0, 0.05) is 5.69 Å². The maximum Gasteiger partial charge on any atom is 0.435 e. The Bertz CT molecular complexity index is 713. The van der Waals surface area contributed by atoms with Gasteiger partial charge in [-0.25, -0.2) is 0 Å². The highest BCUT2D eigenvalue weighted by Gasteiger charge is 2.34. The smallest absolute Gasteiger partial charge is 0.322 e. The summed E-state index contributed by atoms with van der Waals surface area (Å²) < 4.78 is 38.6.